The van der Waals surface area contributed by atoms with E-state index in [0.29, 0.717) is 12.0 Å². The molecule has 1 aromatic carbocycles. The molecule has 1 fully saturated rings. The molecule has 1 heterocycles. The summed E-state index contributed by atoms with van der Waals surface area (Å²) < 4.78 is 13.4. The first kappa shape index (κ1) is 14.5. The summed E-state index contributed by atoms with van der Waals surface area (Å²) in [4.78, 5) is 2.54. The van der Waals surface area contributed by atoms with Crippen molar-refractivity contribution in [2.75, 3.05) is 26.2 Å². The highest BCUT2D eigenvalue weighted by Crippen LogP contribution is 2.30. The molecule has 0 aliphatic carbocycles. The number of aryl methyl sites for hydroxylation is 1. The molecule has 1 saturated heterocycles. The van der Waals surface area contributed by atoms with Crippen LogP contribution in [0.3, 0.4) is 0 Å². The van der Waals surface area contributed by atoms with Crippen LogP contribution in [0.15, 0.2) is 18.2 Å². The molecule has 0 saturated carbocycles. The Balaban J connectivity index is 2.25. The lowest BCUT2D eigenvalue weighted by Gasteiger charge is -2.34. The summed E-state index contributed by atoms with van der Waals surface area (Å²) in [7, 11) is 0. The number of hydrogen-bond donors (Lipinski definition) is 1. The molecule has 1 unspecified atom stereocenters. The standard InChI is InChI=1S/C16H25FN2/c1-12(2)16(19-9-4-7-18-8-10-19)14-5-6-15(17)13(3)11-14/h5-6,11-12,16,18H,4,7-10H2,1-3H3. The topological polar surface area (TPSA) is 15.3 Å². The largest absolute Gasteiger partial charge is 0.315 e. The van der Waals surface area contributed by atoms with Gasteiger partial charge >= 0.3 is 0 Å². The quantitative estimate of drug-likeness (QED) is 0.902. The highest BCUT2D eigenvalue weighted by molar-refractivity contribution is 5.27. The number of rotatable bonds is 3. The molecule has 0 aromatic heterocycles. The Morgan fingerprint density at radius 2 is 2.00 bits per heavy atom. The monoisotopic (exact) mass is 264 g/mol. The molecule has 1 atom stereocenters. The molecule has 0 amide bonds. The maximum Gasteiger partial charge on any atom is 0.126 e. The van der Waals surface area contributed by atoms with Gasteiger partial charge in [-0.25, -0.2) is 4.39 Å². The van der Waals surface area contributed by atoms with Gasteiger partial charge in [0.05, 0.1) is 0 Å². The molecule has 0 spiro atoms. The van der Waals surface area contributed by atoms with E-state index >= 15 is 0 Å². The number of benzene rings is 1. The fraction of sp³-hybridized carbons (Fsp3) is 0.625. The van der Waals surface area contributed by atoms with Crippen molar-refractivity contribution in [2.24, 2.45) is 5.92 Å². The Kier molecular flexibility index (Phi) is 4.94. The maximum absolute atomic E-state index is 13.4. The lowest BCUT2D eigenvalue weighted by molar-refractivity contribution is 0.165. The highest BCUT2D eigenvalue weighted by atomic mass is 19.1. The van der Waals surface area contributed by atoms with Gasteiger partial charge in [0.25, 0.3) is 0 Å². The Bertz CT molecular complexity index is 409. The highest BCUT2D eigenvalue weighted by Gasteiger charge is 2.24. The third kappa shape index (κ3) is 3.54. The second-order valence-electron chi connectivity index (χ2n) is 5.84. The smallest absolute Gasteiger partial charge is 0.126 e. The van der Waals surface area contributed by atoms with Gasteiger partial charge < -0.3 is 5.32 Å². The third-order valence-electron chi connectivity index (χ3n) is 3.92. The fourth-order valence-corrected chi connectivity index (χ4v) is 3.01. The van der Waals surface area contributed by atoms with Crippen LogP contribution in [0.25, 0.3) is 0 Å². The zero-order valence-corrected chi connectivity index (χ0v) is 12.2. The molecule has 1 N–H and O–H groups in total. The number of halogens is 1. The van der Waals surface area contributed by atoms with E-state index in [4.69, 9.17) is 0 Å². The Labute approximate surface area is 116 Å². The van der Waals surface area contributed by atoms with Crippen molar-refractivity contribution in [2.45, 2.75) is 33.2 Å². The Morgan fingerprint density at radius 1 is 1.21 bits per heavy atom. The van der Waals surface area contributed by atoms with Crippen LogP contribution < -0.4 is 5.32 Å². The van der Waals surface area contributed by atoms with Gasteiger partial charge in [-0.2, -0.15) is 0 Å². The van der Waals surface area contributed by atoms with Crippen molar-refractivity contribution < 1.29 is 4.39 Å². The van der Waals surface area contributed by atoms with Gasteiger partial charge in [0.2, 0.25) is 0 Å². The van der Waals surface area contributed by atoms with Gasteiger partial charge in [-0.3, -0.25) is 4.90 Å². The lowest BCUT2D eigenvalue weighted by Crippen LogP contribution is -2.35. The molecule has 19 heavy (non-hydrogen) atoms. The summed E-state index contributed by atoms with van der Waals surface area (Å²) in [6, 6.07) is 5.96. The summed E-state index contributed by atoms with van der Waals surface area (Å²) in [6.45, 7) is 10.7. The molecule has 2 rings (SSSR count). The first-order valence-corrected chi connectivity index (χ1v) is 7.30. The third-order valence-corrected chi connectivity index (χ3v) is 3.92. The normalized spacial score (nSPS) is 19.4. The van der Waals surface area contributed by atoms with Gasteiger partial charge in [0.1, 0.15) is 5.82 Å². The van der Waals surface area contributed by atoms with Crippen LogP contribution in [-0.4, -0.2) is 31.1 Å². The fourth-order valence-electron chi connectivity index (χ4n) is 3.01. The van der Waals surface area contributed by atoms with Gasteiger partial charge in [-0.05, 0) is 43.0 Å². The minimum Gasteiger partial charge on any atom is -0.315 e. The Hall–Kier alpha value is -0.930. The van der Waals surface area contributed by atoms with Crippen LogP contribution in [0.2, 0.25) is 0 Å². The van der Waals surface area contributed by atoms with E-state index in [1.165, 1.54) is 12.0 Å². The predicted octanol–water partition coefficient (Wildman–Crippen LogP) is 3.13. The number of nitrogens with one attached hydrogen (secondary N) is 1. The van der Waals surface area contributed by atoms with E-state index in [0.717, 1.165) is 31.7 Å². The average Bonchev–Trinajstić information content (AvgIpc) is 2.62. The molecule has 0 bridgehead atoms. The SMILES string of the molecule is Cc1cc(C(C(C)C)N2CCCNCC2)ccc1F. The van der Waals surface area contributed by atoms with Crippen LogP contribution in [0, 0.1) is 18.7 Å². The van der Waals surface area contributed by atoms with Crippen LogP contribution in [0.4, 0.5) is 4.39 Å². The van der Waals surface area contributed by atoms with E-state index in [1.807, 2.05) is 19.1 Å². The van der Waals surface area contributed by atoms with Crippen molar-refractivity contribution in [3.05, 3.63) is 35.1 Å². The zero-order valence-electron chi connectivity index (χ0n) is 12.2. The molecule has 1 aromatic rings. The first-order chi connectivity index (χ1) is 9.09. The summed E-state index contributed by atoms with van der Waals surface area (Å²) in [5.41, 5.74) is 1.99. The second kappa shape index (κ2) is 6.49. The molecule has 2 nitrogen and oxygen atoms in total. The average molecular weight is 264 g/mol. The van der Waals surface area contributed by atoms with E-state index in [-0.39, 0.29) is 5.82 Å². The molecule has 106 valence electrons. The van der Waals surface area contributed by atoms with Crippen molar-refractivity contribution in [1.29, 1.82) is 0 Å². The maximum atomic E-state index is 13.4. The van der Waals surface area contributed by atoms with Crippen LogP contribution >= 0.6 is 0 Å². The van der Waals surface area contributed by atoms with E-state index in [9.17, 15) is 4.39 Å². The van der Waals surface area contributed by atoms with Crippen LogP contribution in [0.1, 0.15) is 37.4 Å². The molecule has 1 aliphatic heterocycles. The van der Waals surface area contributed by atoms with Crippen molar-refractivity contribution in [3.63, 3.8) is 0 Å². The number of nitrogens with zero attached hydrogens (tertiary/aromatic N) is 1. The van der Waals surface area contributed by atoms with Crippen LogP contribution in [0.5, 0.6) is 0 Å². The Morgan fingerprint density at radius 3 is 2.68 bits per heavy atom. The van der Waals surface area contributed by atoms with Gasteiger partial charge in [0, 0.05) is 25.7 Å². The van der Waals surface area contributed by atoms with E-state index < -0.39 is 0 Å². The van der Waals surface area contributed by atoms with Gasteiger partial charge in [0.15, 0.2) is 0 Å². The predicted molar refractivity (Wildman–Crippen MR) is 77.8 cm³/mol. The van der Waals surface area contributed by atoms with Crippen molar-refractivity contribution in [3.8, 4) is 0 Å². The second-order valence-corrected chi connectivity index (χ2v) is 5.84. The molecular weight excluding hydrogens is 239 g/mol. The summed E-state index contributed by atoms with van der Waals surface area (Å²) in [5.74, 6) is 0.423. The van der Waals surface area contributed by atoms with E-state index in [2.05, 4.69) is 24.1 Å². The van der Waals surface area contributed by atoms with Crippen molar-refractivity contribution in [1.82, 2.24) is 10.2 Å². The van der Waals surface area contributed by atoms with Crippen molar-refractivity contribution >= 4 is 0 Å². The van der Waals surface area contributed by atoms with Crippen LogP contribution in [-0.2, 0) is 0 Å². The minimum atomic E-state index is -0.108. The molecule has 3 heteroatoms. The van der Waals surface area contributed by atoms with E-state index in [1.54, 1.807) is 6.07 Å². The minimum absolute atomic E-state index is 0.108. The number of hydrogen-bond acceptors (Lipinski definition) is 2. The zero-order chi connectivity index (χ0) is 13.8. The molecule has 0 radical (unpaired) electrons. The molecular formula is C16H25FN2. The van der Waals surface area contributed by atoms with Gasteiger partial charge in [-0.1, -0.05) is 26.0 Å². The first-order valence-electron chi connectivity index (χ1n) is 7.30. The summed E-state index contributed by atoms with van der Waals surface area (Å²) >= 11 is 0. The lowest BCUT2D eigenvalue weighted by atomic mass is 9.93. The summed E-state index contributed by atoms with van der Waals surface area (Å²) in [6.07, 6.45) is 1.18. The molecule has 1 aliphatic rings. The summed E-state index contributed by atoms with van der Waals surface area (Å²) in [5, 5.41) is 3.44. The van der Waals surface area contributed by atoms with Gasteiger partial charge in [-0.15, -0.1) is 0 Å².